The first-order chi connectivity index (χ1) is 7.59. The summed E-state index contributed by atoms with van der Waals surface area (Å²) < 4.78 is 0. The maximum atomic E-state index is 10.5. The van der Waals surface area contributed by atoms with E-state index >= 15 is 0 Å². The van der Waals surface area contributed by atoms with E-state index in [1.54, 1.807) is 12.1 Å². The molecule has 0 atom stereocenters. The Morgan fingerprint density at radius 1 is 1.31 bits per heavy atom. The lowest BCUT2D eigenvalue weighted by molar-refractivity contribution is -0.384. The third-order valence-corrected chi connectivity index (χ3v) is 3.41. The van der Waals surface area contributed by atoms with Crippen LogP contribution in [0, 0.1) is 10.1 Å². The Hall–Kier alpha value is -1.42. The van der Waals surface area contributed by atoms with Crippen LogP contribution in [-0.2, 0) is 6.42 Å². The Morgan fingerprint density at radius 2 is 1.94 bits per heavy atom. The van der Waals surface area contributed by atoms with Gasteiger partial charge in [-0.25, -0.2) is 0 Å². The van der Waals surface area contributed by atoms with E-state index < -0.39 is 0 Å². The molecule has 0 unspecified atom stereocenters. The summed E-state index contributed by atoms with van der Waals surface area (Å²) in [4.78, 5) is 10.1. The standard InChI is InChI=1S/C12H16N2O2/c13-12(7-1-8-12)9-6-10-2-4-11(5-3-10)14(15)16/h2-5H,1,6-9,13H2. The van der Waals surface area contributed by atoms with Crippen molar-refractivity contribution >= 4 is 5.69 Å². The molecule has 0 spiro atoms. The fourth-order valence-corrected chi connectivity index (χ4v) is 2.06. The smallest absolute Gasteiger partial charge is 0.269 e. The van der Waals surface area contributed by atoms with Gasteiger partial charge in [0.2, 0.25) is 0 Å². The van der Waals surface area contributed by atoms with Crippen LogP contribution in [0.2, 0.25) is 0 Å². The Labute approximate surface area is 94.6 Å². The minimum atomic E-state index is -0.375. The quantitative estimate of drug-likeness (QED) is 0.625. The van der Waals surface area contributed by atoms with E-state index in [0.717, 1.165) is 31.2 Å². The summed E-state index contributed by atoms with van der Waals surface area (Å²) in [5.74, 6) is 0. The van der Waals surface area contributed by atoms with Crippen molar-refractivity contribution in [2.24, 2.45) is 5.73 Å². The monoisotopic (exact) mass is 220 g/mol. The first kappa shape index (κ1) is 11.1. The van der Waals surface area contributed by atoms with Gasteiger partial charge in [-0.15, -0.1) is 0 Å². The SMILES string of the molecule is NC1(CCc2ccc([N+](=O)[O-])cc2)CCC1. The lowest BCUT2D eigenvalue weighted by Crippen LogP contribution is -2.46. The van der Waals surface area contributed by atoms with Crippen LogP contribution >= 0.6 is 0 Å². The van der Waals surface area contributed by atoms with E-state index in [4.69, 9.17) is 5.73 Å². The molecule has 1 aromatic carbocycles. The molecule has 1 saturated carbocycles. The Morgan fingerprint density at radius 3 is 2.38 bits per heavy atom. The summed E-state index contributed by atoms with van der Waals surface area (Å²) >= 11 is 0. The minimum Gasteiger partial charge on any atom is -0.325 e. The van der Waals surface area contributed by atoms with Crippen LogP contribution in [-0.4, -0.2) is 10.5 Å². The summed E-state index contributed by atoms with van der Waals surface area (Å²) in [5.41, 5.74) is 7.43. The molecule has 4 heteroatoms. The Kier molecular flexibility index (Phi) is 2.92. The van der Waals surface area contributed by atoms with E-state index in [9.17, 15) is 10.1 Å². The highest BCUT2D eigenvalue weighted by Crippen LogP contribution is 2.33. The van der Waals surface area contributed by atoms with Gasteiger partial charge in [0, 0.05) is 17.7 Å². The van der Waals surface area contributed by atoms with Crippen molar-refractivity contribution in [3.8, 4) is 0 Å². The molecule has 2 rings (SSSR count). The maximum absolute atomic E-state index is 10.5. The van der Waals surface area contributed by atoms with Crippen molar-refractivity contribution in [3.63, 3.8) is 0 Å². The molecule has 0 radical (unpaired) electrons. The van der Waals surface area contributed by atoms with Gasteiger partial charge in [-0.2, -0.15) is 0 Å². The van der Waals surface area contributed by atoms with Gasteiger partial charge >= 0.3 is 0 Å². The van der Waals surface area contributed by atoms with Crippen molar-refractivity contribution < 1.29 is 4.92 Å². The van der Waals surface area contributed by atoms with Crippen molar-refractivity contribution in [2.75, 3.05) is 0 Å². The zero-order valence-corrected chi connectivity index (χ0v) is 9.19. The van der Waals surface area contributed by atoms with Gasteiger partial charge < -0.3 is 5.73 Å². The van der Waals surface area contributed by atoms with E-state index in [-0.39, 0.29) is 16.1 Å². The third-order valence-electron chi connectivity index (χ3n) is 3.41. The number of nitro benzene ring substituents is 1. The second-order valence-electron chi connectivity index (χ2n) is 4.64. The van der Waals surface area contributed by atoms with Gasteiger partial charge in [0.05, 0.1) is 4.92 Å². The largest absolute Gasteiger partial charge is 0.325 e. The van der Waals surface area contributed by atoms with Gasteiger partial charge in [0.25, 0.3) is 5.69 Å². The number of rotatable bonds is 4. The first-order valence-corrected chi connectivity index (χ1v) is 5.61. The molecular formula is C12H16N2O2. The average Bonchev–Trinajstić information content (AvgIpc) is 2.24. The molecular weight excluding hydrogens is 204 g/mol. The van der Waals surface area contributed by atoms with Gasteiger partial charge in [-0.05, 0) is 37.7 Å². The second kappa shape index (κ2) is 4.22. The van der Waals surface area contributed by atoms with Crippen LogP contribution in [0.5, 0.6) is 0 Å². The first-order valence-electron chi connectivity index (χ1n) is 5.61. The highest BCUT2D eigenvalue weighted by Gasteiger charge is 2.31. The molecule has 4 nitrogen and oxygen atoms in total. The molecule has 0 heterocycles. The number of aryl methyl sites for hydroxylation is 1. The Balaban J connectivity index is 1.92. The summed E-state index contributed by atoms with van der Waals surface area (Å²) in [6.45, 7) is 0. The molecule has 0 aliphatic heterocycles. The number of non-ortho nitro benzene ring substituents is 1. The summed E-state index contributed by atoms with van der Waals surface area (Å²) in [5, 5.41) is 10.5. The van der Waals surface area contributed by atoms with E-state index in [0.29, 0.717) is 0 Å². The van der Waals surface area contributed by atoms with Gasteiger partial charge in [0.1, 0.15) is 0 Å². The number of hydrogen-bond donors (Lipinski definition) is 1. The topological polar surface area (TPSA) is 69.2 Å². The number of benzene rings is 1. The molecule has 86 valence electrons. The van der Waals surface area contributed by atoms with Crippen LogP contribution in [0.1, 0.15) is 31.2 Å². The average molecular weight is 220 g/mol. The zero-order chi connectivity index (χ0) is 11.6. The molecule has 16 heavy (non-hydrogen) atoms. The Bertz CT molecular complexity index is 383. The zero-order valence-electron chi connectivity index (χ0n) is 9.19. The predicted octanol–water partition coefficient (Wildman–Crippen LogP) is 2.41. The van der Waals surface area contributed by atoms with Crippen molar-refractivity contribution in [1.82, 2.24) is 0 Å². The molecule has 1 aliphatic carbocycles. The van der Waals surface area contributed by atoms with Crippen molar-refractivity contribution in [1.29, 1.82) is 0 Å². The minimum absolute atomic E-state index is 0.0295. The molecule has 1 aliphatic rings. The molecule has 0 bridgehead atoms. The van der Waals surface area contributed by atoms with Crippen LogP contribution in [0.15, 0.2) is 24.3 Å². The van der Waals surface area contributed by atoms with E-state index in [2.05, 4.69) is 0 Å². The number of hydrogen-bond acceptors (Lipinski definition) is 3. The molecule has 0 amide bonds. The molecule has 1 fully saturated rings. The second-order valence-corrected chi connectivity index (χ2v) is 4.64. The summed E-state index contributed by atoms with van der Waals surface area (Å²) in [6.07, 6.45) is 5.34. The summed E-state index contributed by atoms with van der Waals surface area (Å²) in [6, 6.07) is 6.75. The van der Waals surface area contributed by atoms with Gasteiger partial charge in [-0.1, -0.05) is 12.1 Å². The summed E-state index contributed by atoms with van der Waals surface area (Å²) in [7, 11) is 0. The van der Waals surface area contributed by atoms with Gasteiger partial charge in [-0.3, -0.25) is 10.1 Å². The predicted molar refractivity (Wildman–Crippen MR) is 62.2 cm³/mol. The maximum Gasteiger partial charge on any atom is 0.269 e. The van der Waals surface area contributed by atoms with E-state index in [1.807, 2.05) is 12.1 Å². The van der Waals surface area contributed by atoms with Crippen molar-refractivity contribution in [3.05, 3.63) is 39.9 Å². The lowest BCUT2D eigenvalue weighted by Gasteiger charge is -2.38. The molecule has 1 aromatic rings. The van der Waals surface area contributed by atoms with Crippen LogP contribution in [0.4, 0.5) is 5.69 Å². The van der Waals surface area contributed by atoms with Crippen LogP contribution in [0.25, 0.3) is 0 Å². The number of nitrogens with two attached hydrogens (primary N) is 1. The normalized spacial score (nSPS) is 17.8. The van der Waals surface area contributed by atoms with E-state index in [1.165, 1.54) is 6.42 Å². The fourth-order valence-electron chi connectivity index (χ4n) is 2.06. The molecule has 2 N–H and O–H groups in total. The molecule has 0 saturated heterocycles. The van der Waals surface area contributed by atoms with Crippen LogP contribution < -0.4 is 5.73 Å². The highest BCUT2D eigenvalue weighted by atomic mass is 16.6. The van der Waals surface area contributed by atoms with Gasteiger partial charge in [0.15, 0.2) is 0 Å². The number of nitro groups is 1. The fraction of sp³-hybridized carbons (Fsp3) is 0.500. The molecule has 0 aromatic heterocycles. The highest BCUT2D eigenvalue weighted by molar-refractivity contribution is 5.33. The lowest BCUT2D eigenvalue weighted by atomic mass is 9.74. The number of nitrogens with zero attached hydrogens (tertiary/aromatic N) is 1. The third kappa shape index (κ3) is 2.39. The van der Waals surface area contributed by atoms with Crippen LogP contribution in [0.3, 0.4) is 0 Å². The van der Waals surface area contributed by atoms with Crippen molar-refractivity contribution in [2.45, 2.75) is 37.6 Å².